The number of furan rings is 1. The molecule has 0 aliphatic rings. The van der Waals surface area contributed by atoms with E-state index in [0.29, 0.717) is 0 Å². The third-order valence-corrected chi connectivity index (χ3v) is 3.12. The molecule has 102 valence electrons. The molecule has 0 spiro atoms. The number of amides is 1. The fourth-order valence-electron chi connectivity index (χ4n) is 1.85. The van der Waals surface area contributed by atoms with E-state index in [4.69, 9.17) is 10.2 Å². The third kappa shape index (κ3) is 3.35. The first-order chi connectivity index (χ1) is 8.12. The normalized spacial score (nSPS) is 15.3. The molecule has 0 bridgehead atoms. The summed E-state index contributed by atoms with van der Waals surface area (Å²) in [6.07, 6.45) is 0. The maximum Gasteiger partial charge on any atom is 0.237 e. The van der Waals surface area contributed by atoms with E-state index in [1.54, 1.807) is 0 Å². The summed E-state index contributed by atoms with van der Waals surface area (Å²) in [5.41, 5.74) is 6.69. The van der Waals surface area contributed by atoms with Crippen LogP contribution in [0.1, 0.15) is 50.8 Å². The van der Waals surface area contributed by atoms with Crippen LogP contribution in [0.25, 0.3) is 0 Å². The molecule has 1 unspecified atom stereocenters. The van der Waals surface area contributed by atoms with Crippen molar-refractivity contribution in [3.63, 3.8) is 0 Å². The van der Waals surface area contributed by atoms with Gasteiger partial charge >= 0.3 is 0 Å². The van der Waals surface area contributed by atoms with Crippen LogP contribution < -0.4 is 11.1 Å². The van der Waals surface area contributed by atoms with Crippen LogP contribution in [0.3, 0.4) is 0 Å². The first-order valence-electron chi connectivity index (χ1n) is 6.26. The van der Waals surface area contributed by atoms with Gasteiger partial charge in [0.05, 0.1) is 12.1 Å². The van der Waals surface area contributed by atoms with Crippen LogP contribution in [0.4, 0.5) is 0 Å². The molecule has 4 heteroatoms. The van der Waals surface area contributed by atoms with Crippen LogP contribution in [-0.2, 0) is 4.79 Å². The number of aryl methyl sites for hydroxylation is 2. The minimum Gasteiger partial charge on any atom is -0.466 e. The average molecular weight is 252 g/mol. The van der Waals surface area contributed by atoms with Crippen molar-refractivity contribution in [1.82, 2.24) is 5.32 Å². The van der Waals surface area contributed by atoms with E-state index in [1.165, 1.54) is 0 Å². The predicted octanol–water partition coefficient (Wildman–Crippen LogP) is 2.45. The van der Waals surface area contributed by atoms with Crippen molar-refractivity contribution < 1.29 is 9.21 Å². The van der Waals surface area contributed by atoms with E-state index in [2.05, 4.69) is 5.32 Å². The molecule has 0 radical (unpaired) electrons. The molecule has 0 aromatic carbocycles. The van der Waals surface area contributed by atoms with Crippen molar-refractivity contribution in [3.05, 3.63) is 23.2 Å². The number of nitrogens with two attached hydrogens (primary N) is 1. The lowest BCUT2D eigenvalue weighted by Gasteiger charge is -2.27. The summed E-state index contributed by atoms with van der Waals surface area (Å²) in [7, 11) is 0. The number of hydrogen-bond donors (Lipinski definition) is 2. The standard InChI is InChI=1S/C14H24N2O2/c1-8-7-11(10(3)18-8)9(2)16-13(17)12(15)14(4,5)6/h7,9,12H,15H2,1-6H3,(H,16,17)/t9?,12-/m0/s1. The SMILES string of the molecule is Cc1cc(C(C)NC(=O)[C@H](N)C(C)(C)C)c(C)o1. The van der Waals surface area contributed by atoms with Crippen molar-refractivity contribution in [2.75, 3.05) is 0 Å². The largest absolute Gasteiger partial charge is 0.466 e. The fraction of sp³-hybridized carbons (Fsp3) is 0.643. The Labute approximate surface area is 109 Å². The molecule has 0 saturated carbocycles. The van der Waals surface area contributed by atoms with E-state index in [-0.39, 0.29) is 17.4 Å². The van der Waals surface area contributed by atoms with Gasteiger partial charge in [0.25, 0.3) is 0 Å². The van der Waals surface area contributed by atoms with Gasteiger partial charge in [0.1, 0.15) is 11.5 Å². The maximum absolute atomic E-state index is 12.0. The molecule has 0 aliphatic carbocycles. The molecular formula is C14H24N2O2. The molecular weight excluding hydrogens is 228 g/mol. The summed E-state index contributed by atoms with van der Waals surface area (Å²) < 4.78 is 5.46. The van der Waals surface area contributed by atoms with Crippen LogP contribution in [0.2, 0.25) is 0 Å². The second kappa shape index (κ2) is 5.14. The van der Waals surface area contributed by atoms with Crippen molar-refractivity contribution >= 4 is 5.91 Å². The summed E-state index contributed by atoms with van der Waals surface area (Å²) in [5, 5.41) is 2.93. The smallest absolute Gasteiger partial charge is 0.237 e. The van der Waals surface area contributed by atoms with E-state index in [0.717, 1.165) is 17.1 Å². The van der Waals surface area contributed by atoms with Crippen molar-refractivity contribution in [1.29, 1.82) is 0 Å². The Balaban J connectivity index is 2.74. The first kappa shape index (κ1) is 14.8. The van der Waals surface area contributed by atoms with Crippen molar-refractivity contribution in [2.45, 2.75) is 53.6 Å². The Hall–Kier alpha value is -1.29. The van der Waals surface area contributed by atoms with E-state index >= 15 is 0 Å². The van der Waals surface area contributed by atoms with Gasteiger partial charge in [-0.2, -0.15) is 0 Å². The highest BCUT2D eigenvalue weighted by molar-refractivity contribution is 5.82. The van der Waals surface area contributed by atoms with E-state index in [1.807, 2.05) is 47.6 Å². The lowest BCUT2D eigenvalue weighted by Crippen LogP contribution is -2.49. The zero-order chi connectivity index (χ0) is 14.1. The molecule has 0 fully saturated rings. The number of nitrogens with one attached hydrogen (secondary N) is 1. The Morgan fingerprint density at radius 3 is 2.33 bits per heavy atom. The third-order valence-electron chi connectivity index (χ3n) is 3.12. The van der Waals surface area contributed by atoms with Crippen molar-refractivity contribution in [2.24, 2.45) is 11.1 Å². The van der Waals surface area contributed by atoms with Crippen LogP contribution in [-0.4, -0.2) is 11.9 Å². The molecule has 1 rings (SSSR count). The van der Waals surface area contributed by atoms with E-state index < -0.39 is 6.04 Å². The zero-order valence-corrected chi connectivity index (χ0v) is 12.1. The highest BCUT2D eigenvalue weighted by atomic mass is 16.3. The van der Waals surface area contributed by atoms with Gasteiger partial charge in [0.15, 0.2) is 0 Å². The van der Waals surface area contributed by atoms with Gasteiger partial charge in [-0.05, 0) is 32.3 Å². The average Bonchev–Trinajstić information content (AvgIpc) is 2.55. The molecule has 3 N–H and O–H groups in total. The predicted molar refractivity (Wildman–Crippen MR) is 72.2 cm³/mol. The van der Waals surface area contributed by atoms with Gasteiger partial charge in [0.2, 0.25) is 5.91 Å². The molecule has 1 amide bonds. The summed E-state index contributed by atoms with van der Waals surface area (Å²) in [6, 6.07) is 1.33. The Morgan fingerprint density at radius 1 is 1.39 bits per heavy atom. The minimum atomic E-state index is -0.520. The molecule has 4 nitrogen and oxygen atoms in total. The molecule has 1 heterocycles. The summed E-state index contributed by atoms with van der Waals surface area (Å²) in [4.78, 5) is 12.0. The van der Waals surface area contributed by atoms with Gasteiger partial charge in [-0.3, -0.25) is 4.79 Å². The van der Waals surface area contributed by atoms with Crippen LogP contribution >= 0.6 is 0 Å². The second-order valence-electron chi connectivity index (χ2n) is 5.94. The highest BCUT2D eigenvalue weighted by Gasteiger charge is 2.28. The number of carbonyl (C=O) groups excluding carboxylic acids is 1. The maximum atomic E-state index is 12.0. The van der Waals surface area contributed by atoms with Gasteiger partial charge in [-0.25, -0.2) is 0 Å². The highest BCUT2D eigenvalue weighted by Crippen LogP contribution is 2.22. The van der Waals surface area contributed by atoms with Crippen molar-refractivity contribution in [3.8, 4) is 0 Å². The molecule has 2 atom stereocenters. The lowest BCUT2D eigenvalue weighted by atomic mass is 9.86. The van der Waals surface area contributed by atoms with Crippen LogP contribution in [0.15, 0.2) is 10.5 Å². The topological polar surface area (TPSA) is 68.3 Å². The molecule has 18 heavy (non-hydrogen) atoms. The monoisotopic (exact) mass is 252 g/mol. The molecule has 0 saturated heterocycles. The van der Waals surface area contributed by atoms with Gasteiger partial charge in [-0.1, -0.05) is 20.8 Å². The zero-order valence-electron chi connectivity index (χ0n) is 12.1. The first-order valence-corrected chi connectivity index (χ1v) is 6.26. The number of rotatable bonds is 3. The van der Waals surface area contributed by atoms with E-state index in [9.17, 15) is 4.79 Å². The second-order valence-corrected chi connectivity index (χ2v) is 5.94. The summed E-state index contributed by atoms with van der Waals surface area (Å²) >= 11 is 0. The van der Waals surface area contributed by atoms with Gasteiger partial charge < -0.3 is 15.5 Å². The number of hydrogen-bond acceptors (Lipinski definition) is 3. The van der Waals surface area contributed by atoms with Gasteiger partial charge in [0, 0.05) is 5.56 Å². The lowest BCUT2D eigenvalue weighted by molar-refractivity contribution is -0.125. The van der Waals surface area contributed by atoms with Gasteiger partial charge in [-0.15, -0.1) is 0 Å². The fourth-order valence-corrected chi connectivity index (χ4v) is 1.85. The summed E-state index contributed by atoms with van der Waals surface area (Å²) in [6.45, 7) is 11.6. The Bertz CT molecular complexity index is 429. The molecule has 0 aliphatic heterocycles. The number of carbonyl (C=O) groups is 1. The Kier molecular flexibility index (Phi) is 4.22. The Morgan fingerprint density at radius 2 is 1.94 bits per heavy atom. The van der Waals surface area contributed by atoms with Crippen LogP contribution in [0, 0.1) is 19.3 Å². The molecule has 1 aromatic rings. The minimum absolute atomic E-state index is 0.0941. The molecule has 1 aromatic heterocycles. The van der Waals surface area contributed by atoms with Crippen LogP contribution in [0.5, 0.6) is 0 Å². The quantitative estimate of drug-likeness (QED) is 0.868. The summed E-state index contributed by atoms with van der Waals surface area (Å²) in [5.74, 6) is 1.56.